The Bertz CT molecular complexity index is 1420. The molecule has 0 bridgehead atoms. The lowest BCUT2D eigenvalue weighted by molar-refractivity contribution is -0.141. The smallest absolute Gasteiger partial charge is 0.332 e. The number of hydrogen-bond donors (Lipinski definition) is 1. The normalized spacial score (nSPS) is 12.5. The fraction of sp³-hybridized carbons (Fsp3) is 0.292. The SMILES string of the molecule is CCC[C@@H](C(=O)O)n1c(=O)c2ccccc2n(Cc2cn(C)c3cccc(C)c23)c1=O. The van der Waals surface area contributed by atoms with E-state index >= 15 is 0 Å². The van der Waals surface area contributed by atoms with Crippen LogP contribution in [0.4, 0.5) is 0 Å². The first-order valence-corrected chi connectivity index (χ1v) is 10.4. The zero-order valence-electron chi connectivity index (χ0n) is 17.8. The number of carboxylic acid groups (broad SMARTS) is 1. The molecule has 2 aromatic carbocycles. The molecule has 0 saturated carbocycles. The second kappa shape index (κ2) is 7.91. The van der Waals surface area contributed by atoms with Gasteiger partial charge >= 0.3 is 11.7 Å². The monoisotopic (exact) mass is 419 g/mol. The summed E-state index contributed by atoms with van der Waals surface area (Å²) in [5, 5.41) is 11.1. The zero-order valence-corrected chi connectivity index (χ0v) is 17.8. The van der Waals surface area contributed by atoms with E-state index in [1.807, 2.05) is 49.9 Å². The Kier molecular flexibility index (Phi) is 5.27. The molecule has 2 heterocycles. The van der Waals surface area contributed by atoms with Crippen molar-refractivity contribution in [1.82, 2.24) is 13.7 Å². The maximum absolute atomic E-state index is 13.5. The Morgan fingerprint density at radius 1 is 1.06 bits per heavy atom. The van der Waals surface area contributed by atoms with Crippen molar-refractivity contribution in [2.24, 2.45) is 7.05 Å². The molecule has 0 aliphatic rings. The highest BCUT2D eigenvalue weighted by Gasteiger charge is 2.25. The van der Waals surface area contributed by atoms with E-state index in [1.165, 1.54) is 4.57 Å². The molecule has 0 fully saturated rings. The van der Waals surface area contributed by atoms with Crippen LogP contribution in [-0.2, 0) is 18.4 Å². The molecule has 0 spiro atoms. The Morgan fingerprint density at radius 2 is 1.77 bits per heavy atom. The molecule has 7 heteroatoms. The molecule has 4 rings (SSSR count). The van der Waals surface area contributed by atoms with Crippen LogP contribution in [0.1, 0.15) is 36.9 Å². The summed E-state index contributed by atoms with van der Waals surface area (Å²) in [6.45, 7) is 4.09. The van der Waals surface area contributed by atoms with Crippen molar-refractivity contribution in [3.05, 3.63) is 80.6 Å². The van der Waals surface area contributed by atoms with Gasteiger partial charge in [-0.3, -0.25) is 9.36 Å². The third kappa shape index (κ3) is 3.36. The fourth-order valence-electron chi connectivity index (χ4n) is 4.43. The van der Waals surface area contributed by atoms with Crippen LogP contribution < -0.4 is 11.2 Å². The number of nitrogens with zero attached hydrogens (tertiary/aromatic N) is 3. The highest BCUT2D eigenvalue weighted by Crippen LogP contribution is 2.25. The molecule has 1 N–H and O–H groups in total. The highest BCUT2D eigenvalue weighted by molar-refractivity contribution is 5.87. The molecule has 31 heavy (non-hydrogen) atoms. The van der Waals surface area contributed by atoms with Crippen LogP contribution in [0.2, 0.25) is 0 Å². The van der Waals surface area contributed by atoms with Gasteiger partial charge in [0.25, 0.3) is 5.56 Å². The molecule has 7 nitrogen and oxygen atoms in total. The number of benzene rings is 2. The minimum absolute atomic E-state index is 0.205. The van der Waals surface area contributed by atoms with E-state index in [1.54, 1.807) is 24.3 Å². The maximum Gasteiger partial charge on any atom is 0.332 e. The minimum atomic E-state index is -1.20. The second-order valence-electron chi connectivity index (χ2n) is 7.94. The van der Waals surface area contributed by atoms with Crippen molar-refractivity contribution < 1.29 is 9.90 Å². The van der Waals surface area contributed by atoms with E-state index in [2.05, 4.69) is 0 Å². The summed E-state index contributed by atoms with van der Waals surface area (Å²) in [5.41, 5.74) is 2.42. The summed E-state index contributed by atoms with van der Waals surface area (Å²) in [5.74, 6) is -1.18. The molecule has 0 aliphatic carbocycles. The molecule has 160 valence electrons. The van der Waals surface area contributed by atoms with E-state index in [9.17, 15) is 19.5 Å². The van der Waals surface area contributed by atoms with Crippen molar-refractivity contribution in [1.29, 1.82) is 0 Å². The standard InChI is InChI=1S/C24H25N3O4/c1-4-8-20(23(29)30)27-22(28)17-10-5-6-11-18(17)26(24(27)31)14-16-13-25(3)19-12-7-9-15(2)21(16)19/h5-7,9-13,20H,4,8,14H2,1-3H3,(H,29,30)/t20-/m0/s1. The predicted octanol–water partition coefficient (Wildman–Crippen LogP) is 3.44. The number of fused-ring (bicyclic) bond motifs is 2. The molecule has 4 aromatic rings. The number of carboxylic acids is 1. The van der Waals surface area contributed by atoms with Crippen molar-refractivity contribution in [3.63, 3.8) is 0 Å². The molecular weight excluding hydrogens is 394 g/mol. The average molecular weight is 419 g/mol. The van der Waals surface area contributed by atoms with Gasteiger partial charge in [-0.15, -0.1) is 0 Å². The van der Waals surface area contributed by atoms with Gasteiger partial charge in [-0.2, -0.15) is 0 Å². The van der Waals surface area contributed by atoms with Gasteiger partial charge in [-0.1, -0.05) is 37.6 Å². The number of rotatable bonds is 6. The van der Waals surface area contributed by atoms with Crippen molar-refractivity contribution in [3.8, 4) is 0 Å². The van der Waals surface area contributed by atoms with E-state index in [-0.39, 0.29) is 13.0 Å². The van der Waals surface area contributed by atoms with Crippen LogP contribution in [0.25, 0.3) is 21.8 Å². The Morgan fingerprint density at radius 3 is 2.48 bits per heavy atom. The van der Waals surface area contributed by atoms with Gasteiger partial charge in [-0.25, -0.2) is 14.2 Å². The second-order valence-corrected chi connectivity index (χ2v) is 7.94. The first kappa shape index (κ1) is 20.7. The zero-order chi connectivity index (χ0) is 22.3. The number of aryl methyl sites for hydroxylation is 2. The lowest BCUT2D eigenvalue weighted by Crippen LogP contribution is -2.44. The molecule has 1 atom stereocenters. The maximum atomic E-state index is 13.5. The van der Waals surface area contributed by atoms with Crippen LogP contribution in [-0.4, -0.2) is 24.8 Å². The van der Waals surface area contributed by atoms with E-state index in [0.717, 1.165) is 26.6 Å². The Hall–Kier alpha value is -3.61. The fourth-order valence-corrected chi connectivity index (χ4v) is 4.43. The molecular formula is C24H25N3O4. The molecule has 0 radical (unpaired) electrons. The predicted molar refractivity (Wildman–Crippen MR) is 121 cm³/mol. The van der Waals surface area contributed by atoms with Crippen LogP contribution in [0, 0.1) is 6.92 Å². The summed E-state index contributed by atoms with van der Waals surface area (Å²) in [4.78, 5) is 38.6. The summed E-state index contributed by atoms with van der Waals surface area (Å²) < 4.78 is 4.44. The third-order valence-corrected chi connectivity index (χ3v) is 5.87. The first-order valence-electron chi connectivity index (χ1n) is 10.4. The van der Waals surface area contributed by atoms with E-state index in [4.69, 9.17) is 0 Å². The number of carbonyl (C=O) groups is 1. The largest absolute Gasteiger partial charge is 0.480 e. The summed E-state index contributed by atoms with van der Waals surface area (Å²) in [7, 11) is 1.95. The van der Waals surface area contributed by atoms with Crippen LogP contribution in [0.15, 0.2) is 58.3 Å². The summed E-state index contributed by atoms with van der Waals surface area (Å²) >= 11 is 0. The average Bonchev–Trinajstić information content (AvgIpc) is 3.07. The van der Waals surface area contributed by atoms with E-state index < -0.39 is 23.3 Å². The highest BCUT2D eigenvalue weighted by atomic mass is 16.4. The third-order valence-electron chi connectivity index (χ3n) is 5.87. The summed E-state index contributed by atoms with van der Waals surface area (Å²) in [6.07, 6.45) is 2.73. The van der Waals surface area contributed by atoms with Crippen molar-refractivity contribution in [2.45, 2.75) is 39.3 Å². The number of aliphatic carboxylic acids is 1. The lowest BCUT2D eigenvalue weighted by atomic mass is 10.1. The van der Waals surface area contributed by atoms with Crippen molar-refractivity contribution >= 4 is 27.8 Å². The van der Waals surface area contributed by atoms with Crippen LogP contribution in [0.3, 0.4) is 0 Å². The molecule has 2 aromatic heterocycles. The first-order chi connectivity index (χ1) is 14.8. The topological polar surface area (TPSA) is 86.2 Å². The van der Waals surface area contributed by atoms with Gasteiger partial charge in [0.15, 0.2) is 0 Å². The lowest BCUT2D eigenvalue weighted by Gasteiger charge is -2.18. The van der Waals surface area contributed by atoms with Gasteiger partial charge in [0.05, 0.1) is 17.4 Å². The quantitative estimate of drug-likeness (QED) is 0.519. The molecule has 0 amide bonds. The van der Waals surface area contributed by atoms with Gasteiger partial charge in [-0.05, 0) is 42.7 Å². The Balaban J connectivity index is 2.02. The van der Waals surface area contributed by atoms with Crippen molar-refractivity contribution in [2.75, 3.05) is 0 Å². The van der Waals surface area contributed by atoms with Gasteiger partial charge in [0.2, 0.25) is 0 Å². The van der Waals surface area contributed by atoms with Crippen LogP contribution >= 0.6 is 0 Å². The number of para-hydroxylation sites is 1. The van der Waals surface area contributed by atoms with Crippen LogP contribution in [0.5, 0.6) is 0 Å². The Labute approximate surface area is 178 Å². The van der Waals surface area contributed by atoms with Gasteiger partial charge < -0.3 is 9.67 Å². The molecule has 0 aliphatic heterocycles. The minimum Gasteiger partial charge on any atom is -0.480 e. The molecule has 0 unspecified atom stereocenters. The summed E-state index contributed by atoms with van der Waals surface area (Å²) in [6, 6.07) is 11.7. The number of hydrogen-bond acceptors (Lipinski definition) is 3. The number of aromatic nitrogens is 3. The van der Waals surface area contributed by atoms with Gasteiger partial charge in [0, 0.05) is 24.1 Å². The van der Waals surface area contributed by atoms with E-state index in [0.29, 0.717) is 17.3 Å². The molecule has 0 saturated heterocycles. The van der Waals surface area contributed by atoms with Gasteiger partial charge in [0.1, 0.15) is 6.04 Å².